The van der Waals surface area contributed by atoms with Crippen molar-refractivity contribution in [2.24, 2.45) is 5.92 Å². The van der Waals surface area contributed by atoms with Gasteiger partial charge in [0.1, 0.15) is 25.0 Å². The number of nitrogens with zero attached hydrogens (tertiary/aromatic N) is 1. The Morgan fingerprint density at radius 2 is 1.97 bits per heavy atom. The molecule has 12 heteroatoms. The van der Waals surface area contributed by atoms with Crippen LogP contribution >= 0.6 is 0 Å². The first kappa shape index (κ1) is 27.9. The summed E-state index contributed by atoms with van der Waals surface area (Å²) in [4.78, 5) is 38.5. The van der Waals surface area contributed by atoms with Crippen molar-refractivity contribution >= 4 is 18.1 Å². The zero-order valence-corrected chi connectivity index (χ0v) is 20.9. The number of ether oxygens (including phenoxy) is 2. The maximum absolute atomic E-state index is 13.7. The van der Waals surface area contributed by atoms with Crippen molar-refractivity contribution in [2.45, 2.75) is 62.4 Å². The summed E-state index contributed by atoms with van der Waals surface area (Å²) in [6.45, 7) is -2.11. The molecule has 4 rings (SSSR count). The van der Waals surface area contributed by atoms with Crippen molar-refractivity contribution in [1.82, 2.24) is 10.2 Å². The molecule has 0 aromatic heterocycles. The standard InChI is InChI=1S/C26H31F3N2O7/c1-37-19-9-15(12-33)8-16-21-17(25(36)30-6-7-32)11-18(22(35)24(21)38-23(16)19)31(13-26(27,28)29)20(34)10-14-4-2-3-5-14/h8-9,11-12,14,18,21-22,24,32,35H,2-7,10,13H2,1H3,(H,30,36)/t18-,21+,22+,24+/m1/s1. The van der Waals surface area contributed by atoms with Crippen LogP contribution in [-0.4, -0.2) is 84.4 Å². The van der Waals surface area contributed by atoms with Crippen LogP contribution in [0.15, 0.2) is 23.8 Å². The van der Waals surface area contributed by atoms with Crippen LogP contribution in [0.4, 0.5) is 13.2 Å². The Hall–Kier alpha value is -3.12. The zero-order valence-electron chi connectivity index (χ0n) is 20.9. The van der Waals surface area contributed by atoms with Gasteiger partial charge in [0.15, 0.2) is 11.5 Å². The third-order valence-electron chi connectivity index (χ3n) is 7.38. The van der Waals surface area contributed by atoms with Crippen LogP contribution in [0.1, 0.15) is 53.9 Å². The molecule has 0 unspecified atom stereocenters. The molecule has 208 valence electrons. The summed E-state index contributed by atoms with van der Waals surface area (Å²) in [7, 11) is 1.34. The Bertz CT molecular complexity index is 1100. The number of aldehydes is 1. The number of alkyl halides is 3. The highest BCUT2D eigenvalue weighted by Crippen LogP contribution is 2.51. The van der Waals surface area contributed by atoms with Crippen molar-refractivity contribution in [3.8, 4) is 11.5 Å². The minimum Gasteiger partial charge on any atom is -0.493 e. The predicted octanol–water partition coefficient (Wildman–Crippen LogP) is 2.10. The maximum Gasteiger partial charge on any atom is 0.406 e. The van der Waals surface area contributed by atoms with Crippen molar-refractivity contribution in [1.29, 1.82) is 0 Å². The number of nitrogens with one attached hydrogen (secondary N) is 1. The summed E-state index contributed by atoms with van der Waals surface area (Å²) in [6, 6.07) is 1.37. The van der Waals surface area contributed by atoms with Gasteiger partial charge in [-0.15, -0.1) is 0 Å². The van der Waals surface area contributed by atoms with Crippen LogP contribution in [0.25, 0.3) is 0 Å². The average Bonchev–Trinajstić information content (AvgIpc) is 3.53. The number of hydrogen-bond acceptors (Lipinski definition) is 7. The van der Waals surface area contributed by atoms with Crippen LogP contribution in [-0.2, 0) is 9.59 Å². The zero-order chi connectivity index (χ0) is 27.6. The maximum atomic E-state index is 13.7. The van der Waals surface area contributed by atoms with Gasteiger partial charge < -0.3 is 29.9 Å². The molecule has 1 aliphatic heterocycles. The molecule has 4 atom stereocenters. The number of methoxy groups -OCH3 is 1. The van der Waals surface area contributed by atoms with E-state index in [1.165, 1.54) is 25.3 Å². The molecule has 1 fully saturated rings. The summed E-state index contributed by atoms with van der Waals surface area (Å²) in [5.41, 5.74) is 0.518. The summed E-state index contributed by atoms with van der Waals surface area (Å²) < 4.78 is 52.3. The lowest BCUT2D eigenvalue weighted by molar-refractivity contribution is -0.170. The second kappa shape index (κ2) is 11.3. The van der Waals surface area contributed by atoms with E-state index >= 15 is 0 Å². The van der Waals surface area contributed by atoms with Crippen LogP contribution < -0.4 is 14.8 Å². The van der Waals surface area contributed by atoms with Crippen molar-refractivity contribution in [2.75, 3.05) is 26.8 Å². The third kappa shape index (κ3) is 5.65. The van der Waals surface area contributed by atoms with Gasteiger partial charge in [-0.1, -0.05) is 12.8 Å². The Balaban J connectivity index is 1.78. The first-order chi connectivity index (χ1) is 18.1. The molecule has 1 aromatic rings. The molecule has 38 heavy (non-hydrogen) atoms. The van der Waals surface area contributed by atoms with Gasteiger partial charge in [0, 0.05) is 29.7 Å². The third-order valence-corrected chi connectivity index (χ3v) is 7.38. The van der Waals surface area contributed by atoms with Crippen LogP contribution in [0.3, 0.4) is 0 Å². The second-order valence-corrected chi connectivity index (χ2v) is 9.89. The molecule has 9 nitrogen and oxygen atoms in total. The normalized spacial score (nSPS) is 24.6. The molecule has 2 aliphatic carbocycles. The fourth-order valence-electron chi connectivity index (χ4n) is 5.69. The Morgan fingerprint density at radius 1 is 1.26 bits per heavy atom. The van der Waals surface area contributed by atoms with E-state index in [9.17, 15) is 37.8 Å². The smallest absolute Gasteiger partial charge is 0.406 e. The predicted molar refractivity (Wildman–Crippen MR) is 128 cm³/mol. The van der Waals surface area contributed by atoms with Gasteiger partial charge in [-0.2, -0.15) is 13.2 Å². The molecule has 3 aliphatic rings. The van der Waals surface area contributed by atoms with Crippen molar-refractivity contribution in [3.63, 3.8) is 0 Å². The number of carbonyl (C=O) groups excluding carboxylic acids is 3. The first-order valence-electron chi connectivity index (χ1n) is 12.6. The second-order valence-electron chi connectivity index (χ2n) is 9.89. The van der Waals surface area contributed by atoms with E-state index in [-0.39, 0.29) is 48.1 Å². The number of aliphatic hydroxyl groups is 2. The number of hydrogen-bond donors (Lipinski definition) is 3. The lowest BCUT2D eigenvalue weighted by atomic mass is 9.77. The molecule has 0 spiro atoms. The summed E-state index contributed by atoms with van der Waals surface area (Å²) >= 11 is 0. The number of carbonyl (C=O) groups is 3. The Labute approximate surface area is 217 Å². The van der Waals surface area contributed by atoms with E-state index in [2.05, 4.69) is 5.32 Å². The van der Waals surface area contributed by atoms with Gasteiger partial charge in [0.2, 0.25) is 11.8 Å². The monoisotopic (exact) mass is 540 g/mol. The van der Waals surface area contributed by atoms with Gasteiger partial charge in [-0.3, -0.25) is 14.4 Å². The summed E-state index contributed by atoms with van der Waals surface area (Å²) in [6.07, 6.45) is -2.67. The highest BCUT2D eigenvalue weighted by molar-refractivity contribution is 5.96. The van der Waals surface area contributed by atoms with Crippen LogP contribution in [0.2, 0.25) is 0 Å². The minimum atomic E-state index is -4.75. The molecule has 2 amide bonds. The van der Waals surface area contributed by atoms with Crippen LogP contribution in [0.5, 0.6) is 11.5 Å². The van der Waals surface area contributed by atoms with E-state index in [1.807, 2.05) is 0 Å². The van der Waals surface area contributed by atoms with E-state index in [1.54, 1.807) is 0 Å². The highest BCUT2D eigenvalue weighted by Gasteiger charge is 2.52. The summed E-state index contributed by atoms with van der Waals surface area (Å²) in [5.74, 6) is -2.16. The first-order valence-corrected chi connectivity index (χ1v) is 12.6. The Morgan fingerprint density at radius 3 is 2.58 bits per heavy atom. The van der Waals surface area contributed by atoms with Crippen molar-refractivity contribution < 1.29 is 47.2 Å². The van der Waals surface area contributed by atoms with Gasteiger partial charge >= 0.3 is 6.18 Å². The molecule has 3 N–H and O–H groups in total. The largest absolute Gasteiger partial charge is 0.493 e. The molecule has 1 aromatic carbocycles. The lowest BCUT2D eigenvalue weighted by Crippen LogP contribution is -2.57. The minimum absolute atomic E-state index is 0.0385. The molecular weight excluding hydrogens is 509 g/mol. The van der Waals surface area contributed by atoms with Crippen LogP contribution in [0, 0.1) is 5.92 Å². The number of benzene rings is 1. The van der Waals surface area contributed by atoms with Gasteiger partial charge in [-0.25, -0.2) is 0 Å². The number of halogens is 3. The van der Waals surface area contributed by atoms with E-state index < -0.39 is 48.7 Å². The molecule has 0 saturated heterocycles. The highest BCUT2D eigenvalue weighted by atomic mass is 19.4. The summed E-state index contributed by atoms with van der Waals surface area (Å²) in [5, 5.41) is 23.0. The van der Waals surface area contributed by atoms with Gasteiger partial charge in [-0.05, 0) is 37.0 Å². The van der Waals surface area contributed by atoms with Gasteiger partial charge in [0.25, 0.3) is 0 Å². The van der Waals surface area contributed by atoms with Crippen molar-refractivity contribution in [3.05, 3.63) is 34.9 Å². The Kier molecular flexibility index (Phi) is 8.31. The van der Waals surface area contributed by atoms with E-state index in [4.69, 9.17) is 9.47 Å². The van der Waals surface area contributed by atoms with Gasteiger partial charge in [0.05, 0.1) is 25.7 Å². The average molecular weight is 541 g/mol. The quantitative estimate of drug-likeness (QED) is 0.410. The lowest BCUT2D eigenvalue weighted by Gasteiger charge is -2.41. The molecular formula is C26H31F3N2O7. The number of amides is 2. The van der Waals surface area contributed by atoms with E-state index in [0.717, 1.165) is 25.7 Å². The molecule has 1 saturated carbocycles. The van der Waals surface area contributed by atoms with E-state index in [0.29, 0.717) is 16.7 Å². The fourth-order valence-corrected chi connectivity index (χ4v) is 5.69. The fraction of sp³-hybridized carbons (Fsp3) is 0.577. The molecule has 1 heterocycles. The number of fused-ring (bicyclic) bond motifs is 3. The molecule has 0 bridgehead atoms. The SMILES string of the molecule is COc1cc(C=O)cc2c1O[C@@H]1[C@@H](O)[C@H](N(CC(F)(F)F)C(=O)CC3CCCC3)C=C(C(=O)NCCO)[C@H]21. The number of aliphatic hydroxyl groups excluding tert-OH is 2. The topological polar surface area (TPSA) is 125 Å². The number of rotatable bonds is 9. The molecule has 0 radical (unpaired) electrons.